The number of Topliss-reactive ketones (excluding diaryl/α,β-unsaturated/α-hetero) is 1. The maximum atomic E-state index is 12.1. The van der Waals surface area contributed by atoms with Crippen molar-refractivity contribution in [3.63, 3.8) is 0 Å². The third kappa shape index (κ3) is 3.46. The van der Waals surface area contributed by atoms with Gasteiger partial charge in [0.05, 0.1) is 10.7 Å². The summed E-state index contributed by atoms with van der Waals surface area (Å²) in [7, 11) is 0. The van der Waals surface area contributed by atoms with E-state index in [4.69, 9.17) is 0 Å². The quantitative estimate of drug-likeness (QED) is 0.352. The predicted octanol–water partition coefficient (Wildman–Crippen LogP) is 2.49. The summed E-state index contributed by atoms with van der Waals surface area (Å²) in [6.07, 6.45) is 0. The molecule has 1 heterocycles. The molecule has 0 aliphatic heterocycles. The molecule has 110 valence electrons. The molecular formula is C13H14N4O3S. The standard InChI is InChI=1S/C13H14N4O3S/c1-3-16-9(2)14-15-13(16)21-8-12(18)10-5-4-6-11(7-10)17(19)20/h4-7H,3,8H2,1-2H3. The predicted molar refractivity (Wildman–Crippen MR) is 78.6 cm³/mol. The van der Waals surface area contributed by atoms with Gasteiger partial charge < -0.3 is 4.57 Å². The summed E-state index contributed by atoms with van der Waals surface area (Å²) in [5.41, 5.74) is 0.245. The Morgan fingerprint density at radius 2 is 2.19 bits per heavy atom. The fourth-order valence-corrected chi connectivity index (χ4v) is 2.78. The van der Waals surface area contributed by atoms with E-state index in [1.807, 2.05) is 18.4 Å². The largest absolute Gasteiger partial charge is 0.307 e. The third-order valence-corrected chi connectivity index (χ3v) is 3.90. The maximum Gasteiger partial charge on any atom is 0.270 e. The number of hydrogen-bond acceptors (Lipinski definition) is 6. The molecule has 0 N–H and O–H groups in total. The van der Waals surface area contributed by atoms with Crippen LogP contribution in [0, 0.1) is 17.0 Å². The molecule has 0 amide bonds. The van der Waals surface area contributed by atoms with Crippen molar-refractivity contribution in [3.8, 4) is 0 Å². The molecule has 0 radical (unpaired) electrons. The second-order valence-electron chi connectivity index (χ2n) is 4.29. The Labute approximate surface area is 125 Å². The zero-order valence-corrected chi connectivity index (χ0v) is 12.5. The zero-order chi connectivity index (χ0) is 15.4. The molecular weight excluding hydrogens is 292 g/mol. The number of ketones is 1. The molecule has 21 heavy (non-hydrogen) atoms. The van der Waals surface area contributed by atoms with Crippen molar-refractivity contribution in [2.75, 3.05) is 5.75 Å². The highest BCUT2D eigenvalue weighted by Gasteiger charge is 2.14. The summed E-state index contributed by atoms with van der Waals surface area (Å²) < 4.78 is 1.91. The molecule has 0 aliphatic carbocycles. The van der Waals surface area contributed by atoms with Gasteiger partial charge in [0.25, 0.3) is 5.69 Å². The van der Waals surface area contributed by atoms with E-state index in [0.29, 0.717) is 10.7 Å². The number of hydrogen-bond donors (Lipinski definition) is 0. The summed E-state index contributed by atoms with van der Waals surface area (Å²) in [6, 6.07) is 5.74. The number of benzene rings is 1. The summed E-state index contributed by atoms with van der Waals surface area (Å²) >= 11 is 1.28. The number of nitro benzene ring substituents is 1. The lowest BCUT2D eigenvalue weighted by atomic mass is 10.1. The van der Waals surface area contributed by atoms with Gasteiger partial charge in [0.2, 0.25) is 0 Å². The zero-order valence-electron chi connectivity index (χ0n) is 11.6. The first-order chi connectivity index (χ1) is 10.0. The SMILES string of the molecule is CCn1c(C)nnc1SCC(=O)c1cccc([N+](=O)[O-])c1. The molecule has 2 aromatic rings. The molecule has 0 unspecified atom stereocenters. The van der Waals surface area contributed by atoms with Crippen molar-refractivity contribution in [2.24, 2.45) is 0 Å². The molecule has 7 nitrogen and oxygen atoms in total. The van der Waals surface area contributed by atoms with Gasteiger partial charge in [-0.05, 0) is 13.8 Å². The fourth-order valence-electron chi connectivity index (χ4n) is 1.84. The van der Waals surface area contributed by atoms with Crippen LogP contribution in [0.25, 0.3) is 0 Å². The number of aryl methyl sites for hydroxylation is 1. The molecule has 1 aromatic carbocycles. The molecule has 0 bridgehead atoms. The molecule has 0 saturated heterocycles. The summed E-state index contributed by atoms with van der Waals surface area (Å²) in [5, 5.41) is 19.4. The first kappa shape index (κ1) is 15.2. The maximum absolute atomic E-state index is 12.1. The van der Waals surface area contributed by atoms with E-state index in [1.165, 1.54) is 30.0 Å². The van der Waals surface area contributed by atoms with Crippen LogP contribution in [-0.4, -0.2) is 31.2 Å². The molecule has 0 aliphatic rings. The van der Waals surface area contributed by atoms with Crippen molar-refractivity contribution in [1.82, 2.24) is 14.8 Å². The molecule has 1 aromatic heterocycles. The highest BCUT2D eigenvalue weighted by Crippen LogP contribution is 2.20. The van der Waals surface area contributed by atoms with E-state index < -0.39 is 4.92 Å². The number of aromatic nitrogens is 3. The molecule has 8 heteroatoms. The Morgan fingerprint density at radius 3 is 2.86 bits per heavy atom. The van der Waals surface area contributed by atoms with Gasteiger partial charge in [0.15, 0.2) is 10.9 Å². The first-order valence-electron chi connectivity index (χ1n) is 6.33. The van der Waals surface area contributed by atoms with Crippen molar-refractivity contribution in [1.29, 1.82) is 0 Å². The Morgan fingerprint density at radius 1 is 1.43 bits per heavy atom. The van der Waals surface area contributed by atoms with Crippen molar-refractivity contribution in [3.05, 3.63) is 45.8 Å². The smallest absolute Gasteiger partial charge is 0.270 e. The van der Waals surface area contributed by atoms with Crippen LogP contribution in [0.2, 0.25) is 0 Å². The number of rotatable bonds is 6. The molecule has 0 atom stereocenters. The van der Waals surface area contributed by atoms with Gasteiger partial charge in [-0.1, -0.05) is 23.9 Å². The van der Waals surface area contributed by atoms with Gasteiger partial charge >= 0.3 is 0 Å². The molecule has 0 saturated carbocycles. The highest BCUT2D eigenvalue weighted by molar-refractivity contribution is 7.99. The number of carbonyl (C=O) groups is 1. The van der Waals surface area contributed by atoms with E-state index in [9.17, 15) is 14.9 Å². The van der Waals surface area contributed by atoms with Crippen LogP contribution in [0.15, 0.2) is 29.4 Å². The second-order valence-corrected chi connectivity index (χ2v) is 5.24. The number of thioether (sulfide) groups is 1. The van der Waals surface area contributed by atoms with Crippen molar-refractivity contribution in [2.45, 2.75) is 25.5 Å². The van der Waals surface area contributed by atoms with Gasteiger partial charge in [0.1, 0.15) is 5.82 Å². The van der Waals surface area contributed by atoms with Gasteiger partial charge in [-0.25, -0.2) is 0 Å². The normalized spacial score (nSPS) is 10.6. The van der Waals surface area contributed by atoms with E-state index in [1.54, 1.807) is 6.07 Å². The number of nitro groups is 1. The van der Waals surface area contributed by atoms with Crippen LogP contribution < -0.4 is 0 Å². The number of carbonyl (C=O) groups excluding carboxylic acids is 1. The first-order valence-corrected chi connectivity index (χ1v) is 7.31. The van der Waals surface area contributed by atoms with E-state index in [-0.39, 0.29) is 17.2 Å². The topological polar surface area (TPSA) is 90.9 Å². The van der Waals surface area contributed by atoms with Crippen LogP contribution in [-0.2, 0) is 6.54 Å². The minimum absolute atomic E-state index is 0.0848. The lowest BCUT2D eigenvalue weighted by molar-refractivity contribution is -0.384. The lowest BCUT2D eigenvalue weighted by Gasteiger charge is -2.04. The number of nitrogens with zero attached hydrogens (tertiary/aromatic N) is 4. The Balaban J connectivity index is 2.08. The average Bonchev–Trinajstić information content (AvgIpc) is 2.84. The van der Waals surface area contributed by atoms with Gasteiger partial charge in [0, 0.05) is 24.2 Å². The monoisotopic (exact) mass is 306 g/mol. The van der Waals surface area contributed by atoms with E-state index >= 15 is 0 Å². The van der Waals surface area contributed by atoms with Crippen LogP contribution >= 0.6 is 11.8 Å². The third-order valence-electron chi connectivity index (χ3n) is 2.93. The lowest BCUT2D eigenvalue weighted by Crippen LogP contribution is -2.05. The van der Waals surface area contributed by atoms with Crippen molar-refractivity contribution < 1.29 is 9.72 Å². The Hall–Kier alpha value is -2.22. The van der Waals surface area contributed by atoms with E-state index in [0.717, 1.165) is 12.4 Å². The molecule has 0 fully saturated rings. The van der Waals surface area contributed by atoms with Crippen LogP contribution in [0.5, 0.6) is 0 Å². The summed E-state index contributed by atoms with van der Waals surface area (Å²) in [4.78, 5) is 22.3. The van der Waals surface area contributed by atoms with Gasteiger partial charge in [-0.15, -0.1) is 10.2 Å². The van der Waals surface area contributed by atoms with Gasteiger partial charge in [-0.2, -0.15) is 0 Å². The molecule has 0 spiro atoms. The average molecular weight is 306 g/mol. The van der Waals surface area contributed by atoms with Crippen LogP contribution in [0.1, 0.15) is 23.1 Å². The second kappa shape index (κ2) is 6.49. The van der Waals surface area contributed by atoms with E-state index in [2.05, 4.69) is 10.2 Å². The van der Waals surface area contributed by atoms with Gasteiger partial charge in [-0.3, -0.25) is 14.9 Å². The minimum Gasteiger partial charge on any atom is -0.307 e. The molecule has 2 rings (SSSR count). The number of non-ortho nitro benzene ring substituents is 1. The fraction of sp³-hybridized carbons (Fsp3) is 0.308. The summed E-state index contributed by atoms with van der Waals surface area (Å²) in [6.45, 7) is 4.55. The van der Waals surface area contributed by atoms with Crippen LogP contribution in [0.4, 0.5) is 5.69 Å². The Kier molecular flexibility index (Phi) is 4.69. The summed E-state index contributed by atoms with van der Waals surface area (Å²) in [5.74, 6) is 0.786. The van der Waals surface area contributed by atoms with Crippen LogP contribution in [0.3, 0.4) is 0 Å². The minimum atomic E-state index is -0.513. The Bertz CT molecular complexity index is 684. The highest BCUT2D eigenvalue weighted by atomic mass is 32.2. The van der Waals surface area contributed by atoms with Crippen molar-refractivity contribution >= 4 is 23.2 Å².